The molecule has 0 heterocycles. The standard InChI is InChI=1S/C18H19BrN2O2/c1-13(2)23-17-6-4-3-5-15(17)12-20-21-18(22)11-14-7-9-16(19)10-8-14/h3-10,12-13H,11H2,1-2H3,(H,21,22)/b20-12+. The molecule has 0 radical (unpaired) electrons. The number of para-hydroxylation sites is 1. The number of carbonyl (C=O) groups excluding carboxylic acids is 1. The van der Waals surface area contributed by atoms with E-state index in [1.165, 1.54) is 0 Å². The van der Waals surface area contributed by atoms with Gasteiger partial charge in [-0.2, -0.15) is 5.10 Å². The Balaban J connectivity index is 1.93. The predicted molar refractivity (Wildman–Crippen MR) is 95.8 cm³/mol. The van der Waals surface area contributed by atoms with Gasteiger partial charge in [-0.15, -0.1) is 0 Å². The molecule has 0 aliphatic carbocycles. The van der Waals surface area contributed by atoms with Crippen molar-refractivity contribution in [2.75, 3.05) is 0 Å². The van der Waals surface area contributed by atoms with Crippen molar-refractivity contribution in [3.63, 3.8) is 0 Å². The van der Waals surface area contributed by atoms with Gasteiger partial charge >= 0.3 is 0 Å². The van der Waals surface area contributed by atoms with Gasteiger partial charge in [0.05, 0.1) is 18.7 Å². The van der Waals surface area contributed by atoms with E-state index < -0.39 is 0 Å². The summed E-state index contributed by atoms with van der Waals surface area (Å²) in [5, 5.41) is 4.01. The van der Waals surface area contributed by atoms with Crippen LogP contribution >= 0.6 is 15.9 Å². The van der Waals surface area contributed by atoms with Crippen LogP contribution in [-0.4, -0.2) is 18.2 Å². The van der Waals surface area contributed by atoms with Gasteiger partial charge in [-0.25, -0.2) is 5.43 Å². The minimum Gasteiger partial charge on any atom is -0.490 e. The van der Waals surface area contributed by atoms with Crippen LogP contribution in [0.3, 0.4) is 0 Å². The van der Waals surface area contributed by atoms with Crippen molar-refractivity contribution < 1.29 is 9.53 Å². The van der Waals surface area contributed by atoms with Crippen LogP contribution in [0.25, 0.3) is 0 Å². The maximum atomic E-state index is 11.9. The number of hydrazone groups is 1. The lowest BCUT2D eigenvalue weighted by atomic mass is 10.1. The lowest BCUT2D eigenvalue weighted by Crippen LogP contribution is -2.19. The van der Waals surface area contributed by atoms with Crippen molar-refractivity contribution in [3.05, 3.63) is 64.1 Å². The molecule has 0 spiro atoms. The molecule has 0 aliphatic heterocycles. The highest BCUT2D eigenvalue weighted by atomic mass is 79.9. The van der Waals surface area contributed by atoms with E-state index in [1.807, 2.05) is 62.4 Å². The molecule has 0 atom stereocenters. The highest BCUT2D eigenvalue weighted by Crippen LogP contribution is 2.17. The Bertz CT molecular complexity index is 682. The molecule has 2 aromatic carbocycles. The maximum absolute atomic E-state index is 11.9. The number of ether oxygens (including phenoxy) is 1. The van der Waals surface area contributed by atoms with E-state index in [0.29, 0.717) is 0 Å². The molecule has 120 valence electrons. The lowest BCUT2D eigenvalue weighted by Gasteiger charge is -2.11. The topological polar surface area (TPSA) is 50.7 Å². The quantitative estimate of drug-likeness (QED) is 0.615. The van der Waals surface area contributed by atoms with Crippen molar-refractivity contribution in [1.29, 1.82) is 0 Å². The second-order valence-corrected chi connectivity index (χ2v) is 6.22. The first-order valence-electron chi connectivity index (χ1n) is 7.36. The molecule has 0 saturated carbocycles. The molecule has 0 saturated heterocycles. The molecule has 0 aromatic heterocycles. The average molecular weight is 375 g/mol. The van der Waals surface area contributed by atoms with E-state index in [0.717, 1.165) is 21.3 Å². The molecule has 0 fully saturated rings. The molecule has 23 heavy (non-hydrogen) atoms. The zero-order valence-corrected chi connectivity index (χ0v) is 14.7. The second-order valence-electron chi connectivity index (χ2n) is 5.30. The molecule has 5 heteroatoms. The highest BCUT2D eigenvalue weighted by molar-refractivity contribution is 9.10. The number of hydrogen-bond donors (Lipinski definition) is 1. The number of nitrogens with zero attached hydrogens (tertiary/aromatic N) is 1. The molecule has 0 unspecified atom stereocenters. The van der Waals surface area contributed by atoms with E-state index in [-0.39, 0.29) is 18.4 Å². The van der Waals surface area contributed by atoms with Gasteiger partial charge in [-0.3, -0.25) is 4.79 Å². The summed E-state index contributed by atoms with van der Waals surface area (Å²) in [6, 6.07) is 15.2. The fourth-order valence-corrected chi connectivity index (χ4v) is 2.21. The Hall–Kier alpha value is -2.14. The van der Waals surface area contributed by atoms with Crippen LogP contribution in [0.4, 0.5) is 0 Å². The van der Waals surface area contributed by atoms with Crippen LogP contribution in [0.2, 0.25) is 0 Å². The van der Waals surface area contributed by atoms with Gasteiger partial charge < -0.3 is 4.74 Å². The molecule has 2 rings (SSSR count). The Morgan fingerprint density at radius 2 is 1.91 bits per heavy atom. The smallest absolute Gasteiger partial charge is 0.244 e. The fraction of sp³-hybridized carbons (Fsp3) is 0.222. The molecule has 0 bridgehead atoms. The van der Waals surface area contributed by atoms with Crippen molar-refractivity contribution in [1.82, 2.24) is 5.43 Å². The van der Waals surface area contributed by atoms with E-state index in [2.05, 4.69) is 26.5 Å². The monoisotopic (exact) mass is 374 g/mol. The highest BCUT2D eigenvalue weighted by Gasteiger charge is 2.04. The zero-order valence-electron chi connectivity index (χ0n) is 13.1. The van der Waals surface area contributed by atoms with Gasteiger partial charge in [0.15, 0.2) is 0 Å². The Labute approximate surface area is 144 Å². The third kappa shape index (κ3) is 5.87. The van der Waals surface area contributed by atoms with Gasteiger partial charge in [-0.1, -0.05) is 40.2 Å². The molecule has 4 nitrogen and oxygen atoms in total. The fourth-order valence-electron chi connectivity index (χ4n) is 1.95. The number of nitrogens with one attached hydrogen (secondary N) is 1. The first-order valence-corrected chi connectivity index (χ1v) is 8.16. The number of amides is 1. The summed E-state index contributed by atoms with van der Waals surface area (Å²) >= 11 is 3.37. The van der Waals surface area contributed by atoms with Crippen LogP contribution in [0.5, 0.6) is 5.75 Å². The third-order valence-electron chi connectivity index (χ3n) is 2.95. The Kier molecular flexibility index (Phi) is 6.35. The summed E-state index contributed by atoms with van der Waals surface area (Å²) in [6.07, 6.45) is 1.96. The molecular weight excluding hydrogens is 356 g/mol. The van der Waals surface area contributed by atoms with Crippen LogP contribution in [0, 0.1) is 0 Å². The van der Waals surface area contributed by atoms with Crippen molar-refractivity contribution in [2.45, 2.75) is 26.4 Å². The number of hydrogen-bond acceptors (Lipinski definition) is 3. The minimum atomic E-state index is -0.161. The van der Waals surface area contributed by atoms with E-state index in [1.54, 1.807) is 6.21 Å². The van der Waals surface area contributed by atoms with Gasteiger partial charge in [0.1, 0.15) is 5.75 Å². The number of halogens is 1. The maximum Gasteiger partial charge on any atom is 0.244 e. The summed E-state index contributed by atoms with van der Waals surface area (Å²) in [5.41, 5.74) is 4.30. The Morgan fingerprint density at radius 3 is 2.61 bits per heavy atom. The predicted octanol–water partition coefficient (Wildman–Crippen LogP) is 3.93. The minimum absolute atomic E-state index is 0.0801. The van der Waals surface area contributed by atoms with Gasteiger partial charge in [-0.05, 0) is 43.7 Å². The van der Waals surface area contributed by atoms with Gasteiger partial charge in [0, 0.05) is 10.0 Å². The van der Waals surface area contributed by atoms with Crippen molar-refractivity contribution >= 4 is 28.1 Å². The second kappa shape index (κ2) is 8.48. The lowest BCUT2D eigenvalue weighted by molar-refractivity contribution is -0.120. The molecule has 1 N–H and O–H groups in total. The molecular formula is C18H19BrN2O2. The first kappa shape index (κ1) is 17.2. The summed E-state index contributed by atoms with van der Waals surface area (Å²) in [7, 11) is 0. The average Bonchev–Trinajstić information content (AvgIpc) is 2.51. The van der Waals surface area contributed by atoms with E-state index in [4.69, 9.17) is 4.74 Å². The van der Waals surface area contributed by atoms with Gasteiger partial charge in [0.25, 0.3) is 0 Å². The Morgan fingerprint density at radius 1 is 1.22 bits per heavy atom. The largest absolute Gasteiger partial charge is 0.490 e. The summed E-state index contributed by atoms with van der Waals surface area (Å²) in [4.78, 5) is 11.9. The zero-order chi connectivity index (χ0) is 16.7. The van der Waals surface area contributed by atoms with Crippen LogP contribution in [0.15, 0.2) is 58.1 Å². The first-order chi connectivity index (χ1) is 11.0. The molecule has 1 amide bonds. The van der Waals surface area contributed by atoms with Gasteiger partial charge in [0.2, 0.25) is 5.91 Å². The van der Waals surface area contributed by atoms with E-state index in [9.17, 15) is 4.79 Å². The van der Waals surface area contributed by atoms with Crippen molar-refractivity contribution in [2.24, 2.45) is 5.10 Å². The molecule has 2 aromatic rings. The SMILES string of the molecule is CC(C)Oc1ccccc1/C=N/NC(=O)Cc1ccc(Br)cc1. The third-order valence-corrected chi connectivity index (χ3v) is 3.48. The summed E-state index contributed by atoms with van der Waals surface area (Å²) < 4.78 is 6.69. The van der Waals surface area contributed by atoms with Crippen LogP contribution in [0.1, 0.15) is 25.0 Å². The van der Waals surface area contributed by atoms with Crippen LogP contribution in [-0.2, 0) is 11.2 Å². The summed E-state index contributed by atoms with van der Waals surface area (Å²) in [5.74, 6) is 0.583. The van der Waals surface area contributed by atoms with Crippen molar-refractivity contribution in [3.8, 4) is 5.75 Å². The van der Waals surface area contributed by atoms with Crippen LogP contribution < -0.4 is 10.2 Å². The summed E-state index contributed by atoms with van der Waals surface area (Å²) in [6.45, 7) is 3.93. The van der Waals surface area contributed by atoms with E-state index >= 15 is 0 Å². The molecule has 0 aliphatic rings. The normalized spacial score (nSPS) is 11.0. The number of rotatable bonds is 6. The number of benzene rings is 2. The number of carbonyl (C=O) groups is 1.